The van der Waals surface area contributed by atoms with Crippen molar-refractivity contribution in [3.63, 3.8) is 0 Å². The maximum Gasteiger partial charge on any atom is 0.513 e. The number of hydrogen-bond acceptors (Lipinski definition) is 10. The van der Waals surface area contributed by atoms with Gasteiger partial charge in [0.05, 0.1) is 6.61 Å². The average Bonchev–Trinajstić information content (AvgIpc) is 2.33. The quantitative estimate of drug-likeness (QED) is 0.163. The van der Waals surface area contributed by atoms with Crippen LogP contribution in [-0.4, -0.2) is 79.3 Å². The molecule has 6 N–H and O–H groups in total. The molecule has 0 aliphatic heterocycles. The van der Waals surface area contributed by atoms with E-state index < -0.39 is 48.7 Å². The molecular weight excluding hydrogens is 288 g/mol. The number of aliphatic hydroxyl groups is 4. The highest BCUT2D eigenvalue weighted by molar-refractivity contribution is 6.11. The lowest BCUT2D eigenvalue weighted by Gasteiger charge is -2.28. The number of Topliss-reactive ketones (excluding diaryl/α,β-unsaturated/α-hetero) is 1. The van der Waals surface area contributed by atoms with Crippen molar-refractivity contribution in [1.82, 2.24) is 0 Å². The number of carbonyl (C=O) groups excluding carboxylic acids is 2. The summed E-state index contributed by atoms with van der Waals surface area (Å²) in [6.45, 7) is -1.32. The smallest absolute Gasteiger partial charge is 0.450 e. The Hall–Kier alpha value is -2.28. The minimum atomic E-state index is -3.88. The SMILES string of the molecule is O=C(O)OC(=O)C(O)(C(=O)C(O)CO)C(O)OC(=O)O. The molecule has 0 saturated heterocycles. The van der Waals surface area contributed by atoms with Crippen molar-refractivity contribution in [2.24, 2.45) is 0 Å². The molecule has 0 aliphatic carbocycles. The monoisotopic (exact) mass is 298 g/mol. The molecule has 0 radical (unpaired) electrons. The van der Waals surface area contributed by atoms with E-state index in [1.165, 1.54) is 0 Å². The number of aliphatic hydroxyl groups excluding tert-OH is 3. The van der Waals surface area contributed by atoms with Gasteiger partial charge in [0.15, 0.2) is 0 Å². The minimum absolute atomic E-state index is 1.32. The van der Waals surface area contributed by atoms with Crippen LogP contribution in [0.15, 0.2) is 0 Å². The summed E-state index contributed by atoms with van der Waals surface area (Å²) in [5.41, 5.74) is -3.88. The first kappa shape index (κ1) is 17.7. The Kier molecular flexibility index (Phi) is 5.99. The van der Waals surface area contributed by atoms with E-state index in [0.717, 1.165) is 0 Å². The zero-order valence-electron chi connectivity index (χ0n) is 9.49. The number of carboxylic acid groups (broad SMARTS) is 2. The molecule has 0 fully saturated rings. The molecule has 0 spiro atoms. The Morgan fingerprint density at radius 2 is 1.55 bits per heavy atom. The number of rotatable bonds is 6. The van der Waals surface area contributed by atoms with Crippen LogP contribution in [0, 0.1) is 0 Å². The largest absolute Gasteiger partial charge is 0.513 e. The maximum atomic E-state index is 11.5. The molecule has 0 aromatic carbocycles. The van der Waals surface area contributed by atoms with Crippen molar-refractivity contribution in [3.8, 4) is 0 Å². The van der Waals surface area contributed by atoms with Crippen LogP contribution in [0.2, 0.25) is 0 Å². The normalized spacial score (nSPS) is 16.4. The van der Waals surface area contributed by atoms with Crippen molar-refractivity contribution < 1.29 is 59.3 Å². The Balaban J connectivity index is 5.53. The zero-order valence-corrected chi connectivity index (χ0v) is 9.49. The summed E-state index contributed by atoms with van der Waals surface area (Å²) in [6.07, 6.45) is -10.1. The van der Waals surface area contributed by atoms with Gasteiger partial charge in [-0.25, -0.2) is 14.4 Å². The van der Waals surface area contributed by atoms with Crippen LogP contribution >= 0.6 is 0 Å². The van der Waals surface area contributed by atoms with Crippen LogP contribution in [0.25, 0.3) is 0 Å². The second-order valence-corrected chi connectivity index (χ2v) is 3.22. The highest BCUT2D eigenvalue weighted by Crippen LogP contribution is 2.19. The summed E-state index contributed by atoms with van der Waals surface area (Å²) >= 11 is 0. The van der Waals surface area contributed by atoms with E-state index in [-0.39, 0.29) is 0 Å². The van der Waals surface area contributed by atoms with Crippen molar-refractivity contribution >= 4 is 24.1 Å². The molecule has 12 nitrogen and oxygen atoms in total. The molecule has 20 heavy (non-hydrogen) atoms. The van der Waals surface area contributed by atoms with E-state index in [0.29, 0.717) is 0 Å². The van der Waals surface area contributed by atoms with Crippen LogP contribution < -0.4 is 0 Å². The van der Waals surface area contributed by atoms with E-state index in [4.69, 9.17) is 20.4 Å². The number of ketones is 1. The third-order valence-corrected chi connectivity index (χ3v) is 1.91. The first-order chi connectivity index (χ1) is 9.07. The lowest BCUT2D eigenvalue weighted by molar-refractivity contribution is -0.213. The van der Waals surface area contributed by atoms with E-state index in [1.54, 1.807) is 0 Å². The fraction of sp³-hybridized carbons (Fsp3) is 0.500. The molecule has 114 valence electrons. The minimum Gasteiger partial charge on any atom is -0.450 e. The van der Waals surface area contributed by atoms with Gasteiger partial charge in [0.2, 0.25) is 5.78 Å². The van der Waals surface area contributed by atoms with Gasteiger partial charge in [0, 0.05) is 0 Å². The van der Waals surface area contributed by atoms with Crippen LogP contribution in [0.5, 0.6) is 0 Å². The summed E-state index contributed by atoms with van der Waals surface area (Å²) in [6, 6.07) is 0. The summed E-state index contributed by atoms with van der Waals surface area (Å²) in [4.78, 5) is 43.0. The molecule has 0 saturated carbocycles. The van der Waals surface area contributed by atoms with Crippen LogP contribution in [0.1, 0.15) is 0 Å². The Labute approximate surface area is 109 Å². The van der Waals surface area contributed by atoms with Crippen molar-refractivity contribution in [1.29, 1.82) is 0 Å². The van der Waals surface area contributed by atoms with E-state index in [9.17, 15) is 29.4 Å². The van der Waals surface area contributed by atoms with E-state index in [2.05, 4.69) is 9.47 Å². The van der Waals surface area contributed by atoms with Gasteiger partial charge in [0.1, 0.15) is 6.10 Å². The van der Waals surface area contributed by atoms with E-state index in [1.807, 2.05) is 0 Å². The van der Waals surface area contributed by atoms with Gasteiger partial charge in [0.25, 0.3) is 11.9 Å². The Morgan fingerprint density at radius 1 is 1.05 bits per heavy atom. The van der Waals surface area contributed by atoms with E-state index >= 15 is 0 Å². The summed E-state index contributed by atoms with van der Waals surface area (Å²) in [7, 11) is 0. The third kappa shape index (κ3) is 3.86. The highest BCUT2D eigenvalue weighted by Gasteiger charge is 2.57. The fourth-order valence-corrected chi connectivity index (χ4v) is 0.998. The predicted octanol–water partition coefficient (Wildman–Crippen LogP) is -3.13. The number of carbonyl (C=O) groups is 4. The fourth-order valence-electron chi connectivity index (χ4n) is 0.998. The zero-order chi connectivity index (χ0) is 16.1. The number of ether oxygens (including phenoxy) is 2. The van der Waals surface area contributed by atoms with Crippen LogP contribution in [-0.2, 0) is 19.1 Å². The van der Waals surface area contributed by atoms with Gasteiger partial charge in [-0.15, -0.1) is 0 Å². The number of hydrogen-bond donors (Lipinski definition) is 6. The van der Waals surface area contributed by atoms with Gasteiger partial charge in [-0.05, 0) is 0 Å². The molecule has 0 aliphatic rings. The molecule has 3 unspecified atom stereocenters. The van der Waals surface area contributed by atoms with Gasteiger partial charge in [-0.2, -0.15) is 0 Å². The predicted molar refractivity (Wildman–Crippen MR) is 52.3 cm³/mol. The van der Waals surface area contributed by atoms with Crippen LogP contribution in [0.4, 0.5) is 9.59 Å². The van der Waals surface area contributed by atoms with Gasteiger partial charge in [-0.1, -0.05) is 0 Å². The molecule has 0 aromatic heterocycles. The van der Waals surface area contributed by atoms with Crippen molar-refractivity contribution in [3.05, 3.63) is 0 Å². The summed E-state index contributed by atoms with van der Waals surface area (Å²) < 4.78 is 6.96. The molecule has 0 amide bonds. The molecule has 0 bridgehead atoms. The first-order valence-corrected chi connectivity index (χ1v) is 4.65. The average molecular weight is 298 g/mol. The molecule has 3 atom stereocenters. The van der Waals surface area contributed by atoms with Gasteiger partial charge in [-0.3, -0.25) is 4.79 Å². The second kappa shape index (κ2) is 6.76. The van der Waals surface area contributed by atoms with Crippen molar-refractivity contribution in [2.45, 2.75) is 18.0 Å². The Morgan fingerprint density at radius 3 is 1.90 bits per heavy atom. The first-order valence-electron chi connectivity index (χ1n) is 4.65. The lowest BCUT2D eigenvalue weighted by atomic mass is 9.93. The molecule has 0 aromatic rings. The molecule has 0 heterocycles. The maximum absolute atomic E-state index is 11.5. The molecule has 12 heteroatoms. The standard InChI is InChI=1S/C8H10O12/c9-1-2(10)3(11)8(18,4(12)19-6(14)15)5(13)20-7(16)17/h2,4,9-10,12,18H,1H2,(H,14,15)(H,16,17). The summed E-state index contributed by atoms with van der Waals surface area (Å²) in [5.74, 6) is -4.35. The topological polar surface area (TPSA) is 208 Å². The van der Waals surface area contributed by atoms with Gasteiger partial charge >= 0.3 is 18.3 Å². The summed E-state index contributed by atoms with van der Waals surface area (Å²) in [5, 5.41) is 52.7. The van der Waals surface area contributed by atoms with Crippen molar-refractivity contribution in [2.75, 3.05) is 6.61 Å². The Bertz CT molecular complexity index is 416. The third-order valence-electron chi connectivity index (χ3n) is 1.91. The second-order valence-electron chi connectivity index (χ2n) is 3.22. The number of esters is 1. The molecular formula is C8H10O12. The highest BCUT2D eigenvalue weighted by atomic mass is 16.7. The lowest BCUT2D eigenvalue weighted by Crippen LogP contribution is -2.61. The van der Waals surface area contributed by atoms with Gasteiger partial charge < -0.3 is 40.1 Å². The van der Waals surface area contributed by atoms with Crippen LogP contribution in [0.3, 0.4) is 0 Å². The molecule has 0 rings (SSSR count).